The molecule has 5 heteroatoms. The van der Waals surface area contributed by atoms with E-state index in [1.807, 2.05) is 0 Å². The Hall–Kier alpha value is -1.10. The second kappa shape index (κ2) is 3.73. The minimum Gasteiger partial charge on any atom is -0.373 e. The van der Waals surface area contributed by atoms with Crippen LogP contribution in [0.1, 0.15) is 16.7 Å². The number of benzene rings is 1. The maximum atomic E-state index is 14.0. The number of aryl methyl sites for hydroxylation is 1. The van der Waals surface area contributed by atoms with Crippen molar-refractivity contribution >= 4 is 0 Å². The molecule has 88 valence electrons. The molecule has 1 nitrogen and oxygen atoms in total. The van der Waals surface area contributed by atoms with Gasteiger partial charge in [-0.15, -0.1) is 0 Å². The summed E-state index contributed by atoms with van der Waals surface area (Å²) in [6.07, 6.45) is -3.23. The van der Waals surface area contributed by atoms with Crippen LogP contribution < -0.4 is 0 Å². The van der Waals surface area contributed by atoms with Crippen LogP contribution in [0.2, 0.25) is 0 Å². The Morgan fingerprint density at radius 2 is 2.06 bits per heavy atom. The summed E-state index contributed by atoms with van der Waals surface area (Å²) in [4.78, 5) is 0. The zero-order valence-electron chi connectivity index (χ0n) is 8.57. The third kappa shape index (κ3) is 1.59. The van der Waals surface area contributed by atoms with Crippen LogP contribution in [0.25, 0.3) is 0 Å². The molecule has 1 atom stereocenters. The molecule has 0 spiro atoms. The molecular weight excluding hydrogens is 224 g/mol. The quantitative estimate of drug-likeness (QED) is 0.678. The molecule has 0 radical (unpaired) electrons. The number of hydrogen-bond donors (Lipinski definition) is 0. The van der Waals surface area contributed by atoms with Gasteiger partial charge in [0.25, 0.3) is 6.43 Å². The van der Waals surface area contributed by atoms with Crippen molar-refractivity contribution in [2.75, 3.05) is 6.61 Å². The van der Waals surface area contributed by atoms with E-state index in [1.54, 1.807) is 0 Å². The van der Waals surface area contributed by atoms with Crippen LogP contribution in [0.15, 0.2) is 12.1 Å². The Morgan fingerprint density at radius 3 is 2.69 bits per heavy atom. The number of halogens is 4. The summed E-state index contributed by atoms with van der Waals surface area (Å²) in [5, 5.41) is 0. The highest BCUT2D eigenvalue weighted by Crippen LogP contribution is 2.40. The van der Waals surface area contributed by atoms with Gasteiger partial charge < -0.3 is 4.74 Å². The van der Waals surface area contributed by atoms with Gasteiger partial charge in [-0.1, -0.05) is 6.07 Å². The molecule has 0 amide bonds. The van der Waals surface area contributed by atoms with Gasteiger partial charge in [-0.2, -0.15) is 0 Å². The molecule has 1 aromatic carbocycles. The van der Waals surface area contributed by atoms with Crippen molar-refractivity contribution < 1.29 is 22.3 Å². The first-order valence-electron chi connectivity index (χ1n) is 4.79. The topological polar surface area (TPSA) is 9.23 Å². The lowest BCUT2D eigenvalue weighted by Gasteiger charge is -2.31. The van der Waals surface area contributed by atoms with Crippen molar-refractivity contribution in [1.82, 2.24) is 0 Å². The number of rotatable bonds is 1. The third-order valence-corrected chi connectivity index (χ3v) is 2.69. The van der Waals surface area contributed by atoms with Gasteiger partial charge in [0.1, 0.15) is 5.82 Å². The first kappa shape index (κ1) is 11.4. The largest absolute Gasteiger partial charge is 0.373 e. The fraction of sp³-hybridized carbons (Fsp3) is 0.455. The summed E-state index contributed by atoms with van der Waals surface area (Å²) in [7, 11) is 0. The van der Waals surface area contributed by atoms with E-state index in [0.717, 1.165) is 0 Å². The van der Waals surface area contributed by atoms with Crippen LogP contribution in [0.5, 0.6) is 0 Å². The van der Waals surface area contributed by atoms with Gasteiger partial charge in [0, 0.05) is 11.1 Å². The van der Waals surface area contributed by atoms with Gasteiger partial charge in [-0.25, -0.2) is 17.6 Å². The van der Waals surface area contributed by atoms with E-state index in [9.17, 15) is 17.6 Å². The van der Waals surface area contributed by atoms with Crippen LogP contribution in [0.4, 0.5) is 17.6 Å². The summed E-state index contributed by atoms with van der Waals surface area (Å²) in [6.45, 7) is 0.630. The molecule has 0 saturated carbocycles. The Kier molecular flexibility index (Phi) is 2.66. The fourth-order valence-corrected chi connectivity index (χ4v) is 1.85. The van der Waals surface area contributed by atoms with Gasteiger partial charge in [0.15, 0.2) is 0 Å². The summed E-state index contributed by atoms with van der Waals surface area (Å²) in [5.74, 6) is -0.697. The number of alkyl halides is 3. The molecule has 0 saturated heterocycles. The van der Waals surface area contributed by atoms with Gasteiger partial charge >= 0.3 is 0 Å². The summed E-state index contributed by atoms with van der Waals surface area (Å²) >= 11 is 0. The lowest BCUT2D eigenvalue weighted by atomic mass is 9.89. The Balaban J connectivity index is 2.62. The number of fused-ring (bicyclic) bond motifs is 1. The average molecular weight is 234 g/mol. The molecule has 0 aromatic heterocycles. The van der Waals surface area contributed by atoms with E-state index in [1.165, 1.54) is 19.1 Å². The monoisotopic (exact) mass is 234 g/mol. The zero-order chi connectivity index (χ0) is 11.9. The van der Waals surface area contributed by atoms with Crippen molar-refractivity contribution in [2.24, 2.45) is 0 Å². The summed E-state index contributed by atoms with van der Waals surface area (Å²) in [5.41, 5.74) is -2.88. The predicted octanol–water partition coefficient (Wildman–Crippen LogP) is 3.09. The molecule has 0 aliphatic carbocycles. The van der Waals surface area contributed by atoms with Crippen LogP contribution in [0.3, 0.4) is 0 Å². The predicted molar refractivity (Wildman–Crippen MR) is 49.6 cm³/mol. The van der Waals surface area contributed by atoms with Crippen LogP contribution >= 0.6 is 0 Å². The zero-order valence-corrected chi connectivity index (χ0v) is 8.57. The van der Waals surface area contributed by atoms with Crippen molar-refractivity contribution in [3.05, 3.63) is 34.6 Å². The average Bonchev–Trinajstić information content (AvgIpc) is 2.19. The number of ether oxygens (including phenoxy) is 1. The van der Waals surface area contributed by atoms with Gasteiger partial charge in [0.2, 0.25) is 5.67 Å². The normalized spacial score (nSPS) is 24.6. The summed E-state index contributed by atoms with van der Waals surface area (Å²) in [6, 6.07) is 2.44. The van der Waals surface area contributed by atoms with E-state index in [0.29, 0.717) is 5.56 Å². The number of hydrogen-bond acceptors (Lipinski definition) is 1. The molecule has 0 fully saturated rings. The van der Waals surface area contributed by atoms with Crippen LogP contribution in [0, 0.1) is 12.7 Å². The second-order valence-corrected chi connectivity index (χ2v) is 3.93. The first-order chi connectivity index (χ1) is 7.45. The molecule has 1 aliphatic rings. The van der Waals surface area contributed by atoms with Crippen molar-refractivity contribution in [2.45, 2.75) is 25.6 Å². The highest BCUT2D eigenvalue weighted by Gasteiger charge is 2.47. The molecule has 16 heavy (non-hydrogen) atoms. The molecular formula is C11H10F4O. The lowest BCUT2D eigenvalue weighted by Crippen LogP contribution is -2.39. The minimum atomic E-state index is -3.23. The first-order valence-corrected chi connectivity index (χ1v) is 4.79. The van der Waals surface area contributed by atoms with E-state index in [-0.39, 0.29) is 17.7 Å². The lowest BCUT2D eigenvalue weighted by molar-refractivity contribution is -0.107. The molecule has 0 bridgehead atoms. The Morgan fingerprint density at radius 1 is 1.38 bits per heavy atom. The molecule has 2 rings (SSSR count). The molecule has 1 unspecified atom stereocenters. The van der Waals surface area contributed by atoms with Gasteiger partial charge in [-0.3, -0.25) is 0 Å². The molecule has 1 aromatic rings. The van der Waals surface area contributed by atoms with E-state index in [2.05, 4.69) is 0 Å². The van der Waals surface area contributed by atoms with E-state index in [4.69, 9.17) is 4.74 Å². The van der Waals surface area contributed by atoms with Crippen molar-refractivity contribution in [3.8, 4) is 0 Å². The molecule has 0 N–H and O–H groups in total. The standard InChI is InChI=1S/C11H10F4O/c1-6-2-8-7(9(12)3-6)4-16-5-11(8,15)10(13)14/h2-3,10H,4-5H2,1H3. The highest BCUT2D eigenvalue weighted by molar-refractivity contribution is 5.38. The Labute approximate surface area is 90.0 Å². The van der Waals surface area contributed by atoms with Crippen molar-refractivity contribution in [3.63, 3.8) is 0 Å². The summed E-state index contributed by atoms with van der Waals surface area (Å²) < 4.78 is 57.5. The highest BCUT2D eigenvalue weighted by atomic mass is 19.3. The smallest absolute Gasteiger partial charge is 0.278 e. The molecule has 1 aliphatic heterocycles. The minimum absolute atomic E-state index is 0.111. The van der Waals surface area contributed by atoms with Crippen LogP contribution in [-0.2, 0) is 17.0 Å². The van der Waals surface area contributed by atoms with Gasteiger partial charge in [-0.05, 0) is 18.6 Å². The van der Waals surface area contributed by atoms with Crippen molar-refractivity contribution in [1.29, 1.82) is 0 Å². The SMILES string of the molecule is Cc1cc(F)c2c(c1)C(F)(C(F)F)COC2. The molecule has 1 heterocycles. The van der Waals surface area contributed by atoms with Gasteiger partial charge in [0.05, 0.1) is 13.2 Å². The van der Waals surface area contributed by atoms with Crippen LogP contribution in [-0.4, -0.2) is 13.0 Å². The maximum absolute atomic E-state index is 14.0. The van der Waals surface area contributed by atoms with E-state index >= 15 is 0 Å². The fourth-order valence-electron chi connectivity index (χ4n) is 1.85. The van der Waals surface area contributed by atoms with E-state index < -0.39 is 24.5 Å². The maximum Gasteiger partial charge on any atom is 0.278 e. The second-order valence-electron chi connectivity index (χ2n) is 3.93. The Bertz CT molecular complexity index is 419. The third-order valence-electron chi connectivity index (χ3n) is 2.69.